The van der Waals surface area contributed by atoms with Gasteiger partial charge in [-0.25, -0.2) is 0 Å². The molecule has 1 aliphatic rings. The third-order valence-corrected chi connectivity index (χ3v) is 6.28. The topological polar surface area (TPSA) is 72.5 Å². The molecular formula is C32H36O7. The molecule has 5 atom stereocenters. The molecule has 1 unspecified atom stereocenters. The van der Waals surface area contributed by atoms with Gasteiger partial charge in [-0.3, -0.25) is 4.79 Å². The molecule has 0 spiro atoms. The van der Waals surface area contributed by atoms with Crippen molar-refractivity contribution < 1.29 is 33.2 Å². The maximum atomic E-state index is 11.7. The second kappa shape index (κ2) is 15.3. The van der Waals surface area contributed by atoms with Crippen LogP contribution in [0.4, 0.5) is 0 Å². The number of esters is 1. The van der Waals surface area contributed by atoms with Crippen molar-refractivity contribution in [2.24, 2.45) is 0 Å². The van der Waals surface area contributed by atoms with Crippen LogP contribution in [-0.4, -0.2) is 49.9 Å². The lowest BCUT2D eigenvalue weighted by molar-refractivity contribution is -0.325. The summed E-state index contributed by atoms with van der Waals surface area (Å²) in [5.74, 6) is -0.409. The number of carbonyl (C=O) groups is 1. The zero-order valence-electron chi connectivity index (χ0n) is 22.2. The van der Waals surface area contributed by atoms with Crippen molar-refractivity contribution in [3.63, 3.8) is 0 Å². The average molecular weight is 533 g/mol. The Labute approximate surface area is 230 Å². The molecule has 0 radical (unpaired) electrons. The fourth-order valence-corrected chi connectivity index (χ4v) is 4.38. The second-order valence-corrected chi connectivity index (χ2v) is 9.25. The van der Waals surface area contributed by atoms with Crippen LogP contribution in [0.25, 0.3) is 0 Å². The number of ether oxygens (including phenoxy) is 6. The van der Waals surface area contributed by atoms with Gasteiger partial charge in [0.15, 0.2) is 6.29 Å². The summed E-state index contributed by atoms with van der Waals surface area (Å²) in [5, 5.41) is 0. The van der Waals surface area contributed by atoms with Gasteiger partial charge >= 0.3 is 5.97 Å². The van der Waals surface area contributed by atoms with E-state index in [0.29, 0.717) is 19.8 Å². The average Bonchev–Trinajstić information content (AvgIpc) is 2.97. The van der Waals surface area contributed by atoms with Crippen LogP contribution < -0.4 is 0 Å². The fraction of sp³-hybridized carbons (Fsp3) is 0.344. The molecule has 7 nitrogen and oxygen atoms in total. The van der Waals surface area contributed by atoms with E-state index < -0.39 is 36.7 Å². The molecule has 0 N–H and O–H groups in total. The lowest BCUT2D eigenvalue weighted by atomic mass is 9.97. The summed E-state index contributed by atoms with van der Waals surface area (Å²) >= 11 is 0. The molecule has 1 fully saturated rings. The van der Waals surface area contributed by atoms with Crippen LogP contribution in [0.15, 0.2) is 104 Å². The number of rotatable bonds is 14. The Hall–Kier alpha value is -3.33. The minimum atomic E-state index is -0.801. The standard InChI is InChI=1S/C32H36O7/c1-3-19-34-32-31(38-22-27-17-11-6-12-18-27)30(37-21-26-15-9-5-10-16-26)29(28(39-32)23-35-24(2)33)36-20-25-13-7-4-8-14-25/h3-18,28-32H,1,19-23H2,2H3/t28-,29-,30+,31-,32?/m1/s1. The first kappa shape index (κ1) is 28.7. The van der Waals surface area contributed by atoms with E-state index in [-0.39, 0.29) is 13.2 Å². The molecule has 0 saturated carbocycles. The Morgan fingerprint density at radius 1 is 0.718 bits per heavy atom. The van der Waals surface area contributed by atoms with Gasteiger partial charge in [0.2, 0.25) is 0 Å². The summed E-state index contributed by atoms with van der Waals surface area (Å²) < 4.78 is 37.2. The van der Waals surface area contributed by atoms with E-state index in [9.17, 15) is 4.79 Å². The van der Waals surface area contributed by atoms with Crippen molar-refractivity contribution >= 4 is 5.97 Å². The zero-order chi connectivity index (χ0) is 27.3. The molecule has 3 aromatic carbocycles. The smallest absolute Gasteiger partial charge is 0.302 e. The predicted molar refractivity (Wildman–Crippen MR) is 146 cm³/mol. The molecule has 206 valence electrons. The molecule has 1 heterocycles. The Morgan fingerprint density at radius 2 is 1.18 bits per heavy atom. The molecule has 1 aliphatic heterocycles. The largest absolute Gasteiger partial charge is 0.463 e. The van der Waals surface area contributed by atoms with Gasteiger partial charge in [-0.1, -0.05) is 97.1 Å². The molecule has 1 saturated heterocycles. The summed E-state index contributed by atoms with van der Waals surface area (Å²) in [5.41, 5.74) is 3.01. The minimum Gasteiger partial charge on any atom is -0.463 e. The van der Waals surface area contributed by atoms with Crippen molar-refractivity contribution in [1.29, 1.82) is 0 Å². The highest BCUT2D eigenvalue weighted by atomic mass is 16.7. The molecule has 0 aromatic heterocycles. The highest BCUT2D eigenvalue weighted by Gasteiger charge is 2.49. The van der Waals surface area contributed by atoms with Crippen LogP contribution in [0.1, 0.15) is 23.6 Å². The van der Waals surface area contributed by atoms with Crippen LogP contribution in [0.2, 0.25) is 0 Å². The Kier molecular flexibility index (Phi) is 11.3. The van der Waals surface area contributed by atoms with Crippen LogP contribution in [0, 0.1) is 0 Å². The molecular weight excluding hydrogens is 496 g/mol. The lowest BCUT2D eigenvalue weighted by Gasteiger charge is -2.45. The van der Waals surface area contributed by atoms with Crippen LogP contribution >= 0.6 is 0 Å². The van der Waals surface area contributed by atoms with E-state index in [4.69, 9.17) is 28.4 Å². The van der Waals surface area contributed by atoms with Crippen molar-refractivity contribution in [1.82, 2.24) is 0 Å². The minimum absolute atomic E-state index is 0.0145. The molecule has 39 heavy (non-hydrogen) atoms. The SMILES string of the molecule is C=CCOC1O[C@H](COC(C)=O)[C@@H](OCc2ccccc2)[C@H](OCc2ccccc2)[C@H]1OCc1ccccc1. The summed E-state index contributed by atoms with van der Waals surface area (Å²) in [6, 6.07) is 29.6. The molecule has 3 aromatic rings. The van der Waals surface area contributed by atoms with Gasteiger partial charge in [-0.15, -0.1) is 6.58 Å². The monoisotopic (exact) mass is 532 g/mol. The first-order chi connectivity index (χ1) is 19.1. The van der Waals surface area contributed by atoms with Gasteiger partial charge in [0.1, 0.15) is 31.0 Å². The first-order valence-corrected chi connectivity index (χ1v) is 13.1. The highest BCUT2D eigenvalue weighted by molar-refractivity contribution is 5.65. The van der Waals surface area contributed by atoms with E-state index >= 15 is 0 Å². The zero-order valence-corrected chi connectivity index (χ0v) is 22.2. The lowest BCUT2D eigenvalue weighted by Crippen LogP contribution is -2.61. The van der Waals surface area contributed by atoms with E-state index in [1.54, 1.807) is 6.08 Å². The molecule has 4 rings (SSSR count). The van der Waals surface area contributed by atoms with Crippen molar-refractivity contribution in [3.05, 3.63) is 120 Å². The van der Waals surface area contributed by atoms with Crippen LogP contribution in [-0.2, 0) is 53.0 Å². The Bertz CT molecular complexity index is 1120. The third kappa shape index (κ3) is 8.85. The number of hydrogen-bond donors (Lipinski definition) is 0. The molecule has 0 aliphatic carbocycles. The Balaban J connectivity index is 1.63. The van der Waals surface area contributed by atoms with Gasteiger partial charge in [-0.05, 0) is 16.7 Å². The van der Waals surface area contributed by atoms with Gasteiger partial charge < -0.3 is 28.4 Å². The highest BCUT2D eigenvalue weighted by Crippen LogP contribution is 2.31. The maximum Gasteiger partial charge on any atom is 0.302 e. The molecule has 7 heteroatoms. The van der Waals surface area contributed by atoms with Gasteiger partial charge in [0, 0.05) is 6.92 Å². The van der Waals surface area contributed by atoms with E-state index in [1.807, 2.05) is 91.0 Å². The van der Waals surface area contributed by atoms with E-state index in [2.05, 4.69) is 6.58 Å². The Morgan fingerprint density at radius 3 is 1.64 bits per heavy atom. The quantitative estimate of drug-likeness (QED) is 0.208. The van der Waals surface area contributed by atoms with Gasteiger partial charge in [0.25, 0.3) is 0 Å². The molecule has 0 amide bonds. The first-order valence-electron chi connectivity index (χ1n) is 13.1. The van der Waals surface area contributed by atoms with Gasteiger partial charge in [-0.2, -0.15) is 0 Å². The summed E-state index contributed by atoms with van der Waals surface area (Å²) in [4.78, 5) is 11.7. The number of carbonyl (C=O) groups excluding carboxylic acids is 1. The van der Waals surface area contributed by atoms with Crippen molar-refractivity contribution in [2.45, 2.75) is 57.5 Å². The third-order valence-electron chi connectivity index (χ3n) is 6.28. The van der Waals surface area contributed by atoms with Gasteiger partial charge in [0.05, 0.1) is 26.4 Å². The second-order valence-electron chi connectivity index (χ2n) is 9.25. The maximum absolute atomic E-state index is 11.7. The predicted octanol–water partition coefficient (Wildman–Crippen LogP) is 5.23. The van der Waals surface area contributed by atoms with Crippen molar-refractivity contribution in [3.8, 4) is 0 Å². The number of benzene rings is 3. The fourth-order valence-electron chi connectivity index (χ4n) is 4.38. The molecule has 0 bridgehead atoms. The normalized spacial score (nSPS) is 22.7. The van der Waals surface area contributed by atoms with Crippen molar-refractivity contribution in [2.75, 3.05) is 13.2 Å². The van der Waals surface area contributed by atoms with Crippen LogP contribution in [0.5, 0.6) is 0 Å². The summed E-state index contributed by atoms with van der Waals surface area (Å²) in [6.45, 7) is 6.34. The van der Waals surface area contributed by atoms with Crippen LogP contribution in [0.3, 0.4) is 0 Å². The van der Waals surface area contributed by atoms with E-state index in [0.717, 1.165) is 16.7 Å². The summed E-state index contributed by atoms with van der Waals surface area (Å²) in [7, 11) is 0. The van der Waals surface area contributed by atoms with E-state index in [1.165, 1.54) is 6.92 Å². The summed E-state index contributed by atoms with van der Waals surface area (Å²) in [6.07, 6.45) is -1.65. The number of hydrogen-bond acceptors (Lipinski definition) is 7.